The minimum Gasteiger partial charge on any atom is -0.383 e. The molecule has 2 aliphatic rings. The van der Waals surface area contributed by atoms with Gasteiger partial charge in [-0.05, 0) is 67.2 Å². The lowest BCUT2D eigenvalue weighted by Crippen LogP contribution is -2.13. The summed E-state index contributed by atoms with van der Waals surface area (Å²) in [4.78, 5) is 2.66. The first kappa shape index (κ1) is 13.5. The van der Waals surface area contributed by atoms with Crippen molar-refractivity contribution in [1.82, 2.24) is 0 Å². The van der Waals surface area contributed by atoms with E-state index in [9.17, 15) is 5.11 Å². The Morgan fingerprint density at radius 3 is 2.62 bits per heavy atom. The van der Waals surface area contributed by atoms with Crippen molar-refractivity contribution in [1.29, 1.82) is 0 Å². The van der Waals surface area contributed by atoms with Gasteiger partial charge in [0.15, 0.2) is 0 Å². The van der Waals surface area contributed by atoms with Gasteiger partial charge in [-0.2, -0.15) is 0 Å². The summed E-state index contributed by atoms with van der Waals surface area (Å²) < 4.78 is 0. The molecular formula is C19H22OS. The molecule has 2 aromatic rings. The van der Waals surface area contributed by atoms with Crippen LogP contribution in [0.15, 0.2) is 30.3 Å². The molecule has 1 N–H and O–H groups in total. The van der Waals surface area contributed by atoms with Crippen LogP contribution in [0.2, 0.25) is 0 Å². The first-order valence-electron chi connectivity index (χ1n) is 8.21. The fourth-order valence-electron chi connectivity index (χ4n) is 3.65. The Bertz CT molecular complexity index is 615. The van der Waals surface area contributed by atoms with Crippen LogP contribution in [0.3, 0.4) is 0 Å². The molecule has 4 rings (SSSR count). The number of hydrogen-bond donors (Lipinski definition) is 1. The van der Waals surface area contributed by atoms with Crippen molar-refractivity contribution in [3.8, 4) is 0 Å². The molecule has 2 aliphatic carbocycles. The highest BCUT2D eigenvalue weighted by Crippen LogP contribution is 2.42. The first-order valence-corrected chi connectivity index (χ1v) is 9.03. The highest BCUT2D eigenvalue weighted by atomic mass is 32.1. The van der Waals surface area contributed by atoms with Crippen molar-refractivity contribution < 1.29 is 5.11 Å². The predicted octanol–water partition coefficient (Wildman–Crippen LogP) is 4.98. The molecule has 1 unspecified atom stereocenters. The molecule has 0 amide bonds. The third-order valence-corrected chi connectivity index (χ3v) is 6.41. The number of fused-ring (bicyclic) bond motifs is 1. The fourth-order valence-corrected chi connectivity index (χ4v) is 4.92. The molecule has 21 heavy (non-hydrogen) atoms. The van der Waals surface area contributed by atoms with Crippen LogP contribution in [0.25, 0.3) is 0 Å². The van der Waals surface area contributed by atoms with Gasteiger partial charge in [-0.1, -0.05) is 30.7 Å². The third kappa shape index (κ3) is 2.45. The number of hydrogen-bond acceptors (Lipinski definition) is 2. The smallest absolute Gasteiger partial charge is 0.113 e. The van der Waals surface area contributed by atoms with Crippen LogP contribution in [0.4, 0.5) is 0 Å². The molecule has 0 aliphatic heterocycles. The number of aryl methyl sites for hydroxylation is 2. The SMILES string of the molecule is OC(c1cc2c(s1)CCCC2)c1ccccc1C1CCC1. The maximum absolute atomic E-state index is 10.9. The average molecular weight is 298 g/mol. The van der Waals surface area contributed by atoms with Gasteiger partial charge in [0.05, 0.1) is 0 Å². The van der Waals surface area contributed by atoms with Crippen LogP contribution in [0, 0.1) is 0 Å². The minimum absolute atomic E-state index is 0.433. The zero-order valence-electron chi connectivity index (χ0n) is 12.3. The maximum atomic E-state index is 10.9. The van der Waals surface area contributed by atoms with Gasteiger partial charge in [0, 0.05) is 9.75 Å². The highest BCUT2D eigenvalue weighted by molar-refractivity contribution is 7.12. The molecule has 1 aromatic carbocycles. The Kier molecular flexibility index (Phi) is 3.60. The van der Waals surface area contributed by atoms with Crippen molar-refractivity contribution in [2.45, 2.75) is 57.0 Å². The molecule has 1 fully saturated rings. The van der Waals surface area contributed by atoms with Crippen molar-refractivity contribution in [3.63, 3.8) is 0 Å². The maximum Gasteiger partial charge on any atom is 0.113 e. The average Bonchev–Trinajstić information content (AvgIpc) is 2.89. The fraction of sp³-hybridized carbons (Fsp3) is 0.474. The van der Waals surface area contributed by atoms with Crippen LogP contribution < -0.4 is 0 Å². The van der Waals surface area contributed by atoms with E-state index in [4.69, 9.17) is 0 Å². The van der Waals surface area contributed by atoms with Gasteiger partial charge in [0.1, 0.15) is 6.10 Å². The second-order valence-corrected chi connectivity index (χ2v) is 7.63. The van der Waals surface area contributed by atoms with Crippen LogP contribution in [-0.2, 0) is 12.8 Å². The van der Waals surface area contributed by atoms with Crippen molar-refractivity contribution >= 4 is 11.3 Å². The lowest BCUT2D eigenvalue weighted by molar-refractivity contribution is 0.221. The van der Waals surface area contributed by atoms with Crippen molar-refractivity contribution in [2.75, 3.05) is 0 Å². The van der Waals surface area contributed by atoms with Crippen molar-refractivity contribution in [3.05, 3.63) is 56.8 Å². The summed E-state index contributed by atoms with van der Waals surface area (Å²) in [5.74, 6) is 0.672. The number of rotatable bonds is 3. The van der Waals surface area contributed by atoms with Crippen LogP contribution in [0.5, 0.6) is 0 Å². The normalized spacial score (nSPS) is 19.9. The Balaban J connectivity index is 1.68. The monoisotopic (exact) mass is 298 g/mol. The van der Waals surface area contributed by atoms with E-state index in [1.165, 1.54) is 60.9 Å². The number of benzene rings is 1. The van der Waals surface area contributed by atoms with Gasteiger partial charge >= 0.3 is 0 Å². The summed E-state index contributed by atoms with van der Waals surface area (Å²) in [5.41, 5.74) is 4.00. The zero-order valence-corrected chi connectivity index (χ0v) is 13.2. The number of thiophene rings is 1. The van der Waals surface area contributed by atoms with Gasteiger partial charge in [0.25, 0.3) is 0 Å². The van der Waals surface area contributed by atoms with E-state index >= 15 is 0 Å². The van der Waals surface area contributed by atoms with Crippen LogP contribution in [0.1, 0.15) is 70.6 Å². The second kappa shape index (κ2) is 5.58. The van der Waals surface area contributed by atoms with E-state index in [2.05, 4.69) is 30.3 Å². The summed E-state index contributed by atoms with van der Waals surface area (Å²) in [7, 11) is 0. The van der Waals surface area contributed by atoms with E-state index < -0.39 is 6.10 Å². The molecular weight excluding hydrogens is 276 g/mol. The van der Waals surface area contributed by atoms with Gasteiger partial charge in [-0.3, -0.25) is 0 Å². The summed E-state index contributed by atoms with van der Waals surface area (Å²) in [6.45, 7) is 0. The molecule has 0 saturated heterocycles. The first-order chi connectivity index (χ1) is 10.3. The molecule has 1 nitrogen and oxygen atoms in total. The Morgan fingerprint density at radius 1 is 1.05 bits per heavy atom. The van der Waals surface area contributed by atoms with E-state index in [1.807, 2.05) is 11.3 Å². The molecule has 0 spiro atoms. The van der Waals surface area contributed by atoms with E-state index in [-0.39, 0.29) is 0 Å². The predicted molar refractivity (Wildman–Crippen MR) is 88.1 cm³/mol. The number of aliphatic hydroxyl groups excluding tert-OH is 1. The lowest BCUT2D eigenvalue weighted by atomic mass is 9.77. The quantitative estimate of drug-likeness (QED) is 0.847. The molecule has 2 heteroatoms. The number of aliphatic hydroxyl groups is 1. The second-order valence-electron chi connectivity index (χ2n) is 6.46. The van der Waals surface area contributed by atoms with Gasteiger partial charge in [-0.25, -0.2) is 0 Å². The highest BCUT2D eigenvalue weighted by Gasteiger charge is 2.26. The van der Waals surface area contributed by atoms with Crippen LogP contribution in [-0.4, -0.2) is 5.11 Å². The molecule has 1 atom stereocenters. The van der Waals surface area contributed by atoms with Gasteiger partial charge in [0.2, 0.25) is 0 Å². The summed E-state index contributed by atoms with van der Waals surface area (Å²) in [6, 6.07) is 10.8. The molecule has 1 saturated carbocycles. The molecule has 0 radical (unpaired) electrons. The Morgan fingerprint density at radius 2 is 1.86 bits per heavy atom. The largest absolute Gasteiger partial charge is 0.383 e. The minimum atomic E-state index is -0.433. The van der Waals surface area contributed by atoms with E-state index in [0.717, 1.165) is 10.4 Å². The standard InChI is InChI=1S/C19H22OS/c20-19(18-12-14-6-1-4-11-17(14)21-18)16-10-3-2-9-15(16)13-7-5-8-13/h2-3,9-10,12-13,19-20H,1,4-8,11H2. The van der Waals surface area contributed by atoms with Crippen molar-refractivity contribution in [2.24, 2.45) is 0 Å². The van der Waals surface area contributed by atoms with Crippen LogP contribution >= 0.6 is 11.3 Å². The van der Waals surface area contributed by atoms with E-state index in [0.29, 0.717) is 5.92 Å². The summed E-state index contributed by atoms with van der Waals surface area (Å²) in [5, 5.41) is 10.9. The van der Waals surface area contributed by atoms with E-state index in [1.54, 1.807) is 0 Å². The van der Waals surface area contributed by atoms with Gasteiger partial charge in [-0.15, -0.1) is 11.3 Å². The molecule has 1 heterocycles. The lowest BCUT2D eigenvalue weighted by Gasteiger charge is -2.29. The molecule has 1 aromatic heterocycles. The van der Waals surface area contributed by atoms with Gasteiger partial charge < -0.3 is 5.11 Å². The molecule has 110 valence electrons. The molecule has 0 bridgehead atoms. The topological polar surface area (TPSA) is 20.2 Å². The summed E-state index contributed by atoms with van der Waals surface area (Å²) in [6.07, 6.45) is 8.48. The Labute approximate surface area is 130 Å². The zero-order chi connectivity index (χ0) is 14.2. The summed E-state index contributed by atoms with van der Waals surface area (Å²) >= 11 is 1.83. The third-order valence-electron chi connectivity index (χ3n) is 5.12. The Hall–Kier alpha value is -1.12.